The lowest BCUT2D eigenvalue weighted by Crippen LogP contribution is -2.33. The van der Waals surface area contributed by atoms with E-state index >= 15 is 0 Å². The van der Waals surface area contributed by atoms with Crippen molar-refractivity contribution in [3.05, 3.63) is 59.8 Å². The van der Waals surface area contributed by atoms with Crippen molar-refractivity contribution < 1.29 is 14.3 Å². The number of nitrogens with one attached hydrogen (secondary N) is 1. The molecule has 2 aromatic rings. The minimum atomic E-state index is -0.456. The minimum Gasteiger partial charge on any atom is -0.465 e. The molecule has 6 heteroatoms. The lowest BCUT2D eigenvalue weighted by atomic mass is 9.99. The number of ether oxygens (including phenoxy) is 1. The van der Waals surface area contributed by atoms with Crippen LogP contribution >= 0.6 is 0 Å². The second-order valence-electron chi connectivity index (χ2n) is 6.14. The van der Waals surface area contributed by atoms with E-state index in [1.807, 2.05) is 18.2 Å². The van der Waals surface area contributed by atoms with Crippen LogP contribution in [0.3, 0.4) is 0 Å². The molecule has 1 aromatic carbocycles. The number of aromatic nitrogens is 1. The van der Waals surface area contributed by atoms with Crippen molar-refractivity contribution in [1.82, 2.24) is 9.88 Å². The number of esters is 1. The number of benzene rings is 1. The van der Waals surface area contributed by atoms with Gasteiger partial charge < -0.3 is 9.64 Å². The molecule has 1 aliphatic heterocycles. The van der Waals surface area contributed by atoms with Crippen molar-refractivity contribution in [3.63, 3.8) is 0 Å². The number of carbonyl (C=O) groups is 2. The van der Waals surface area contributed by atoms with E-state index in [-0.39, 0.29) is 6.03 Å². The summed E-state index contributed by atoms with van der Waals surface area (Å²) in [5.41, 5.74) is 1.65. The Hall–Kier alpha value is -2.89. The molecule has 2 heterocycles. The number of carbonyl (C=O) groups excluding carboxylic acids is 2. The van der Waals surface area contributed by atoms with Crippen LogP contribution in [0.2, 0.25) is 0 Å². The van der Waals surface area contributed by atoms with E-state index in [1.54, 1.807) is 11.0 Å². The molecule has 1 N–H and O–H groups in total. The number of nitrogens with zero attached hydrogens (tertiary/aromatic N) is 2. The lowest BCUT2D eigenvalue weighted by Gasteiger charge is -2.17. The first-order valence-electron chi connectivity index (χ1n) is 8.30. The third-order valence-corrected chi connectivity index (χ3v) is 4.36. The van der Waals surface area contributed by atoms with Crippen LogP contribution in [0.25, 0.3) is 0 Å². The number of hydrogen-bond donors (Lipinski definition) is 1. The highest BCUT2D eigenvalue weighted by Gasteiger charge is 2.26. The summed E-state index contributed by atoms with van der Waals surface area (Å²) < 4.78 is 4.68. The van der Waals surface area contributed by atoms with Crippen molar-refractivity contribution in [2.45, 2.75) is 12.8 Å². The van der Waals surface area contributed by atoms with E-state index in [1.165, 1.54) is 24.9 Å². The Balaban J connectivity index is 1.56. The summed E-state index contributed by atoms with van der Waals surface area (Å²) in [5, 5.41) is 2.76. The molecular weight excluding hydrogens is 318 g/mol. The summed E-state index contributed by atoms with van der Waals surface area (Å²) in [7, 11) is 1.32. The van der Waals surface area contributed by atoms with E-state index in [2.05, 4.69) is 27.2 Å². The van der Waals surface area contributed by atoms with Crippen LogP contribution in [0.15, 0.2) is 48.7 Å². The summed E-state index contributed by atoms with van der Waals surface area (Å²) >= 11 is 0. The first-order chi connectivity index (χ1) is 12.2. The third kappa shape index (κ3) is 4.35. The molecule has 0 saturated carbocycles. The molecule has 2 amide bonds. The fourth-order valence-corrected chi connectivity index (χ4v) is 3.06. The molecule has 25 heavy (non-hydrogen) atoms. The Kier molecular flexibility index (Phi) is 5.28. The standard InChI is InChI=1S/C19H21N3O3/c1-25-18(23)16-7-9-20-17(12-16)21-19(24)22-10-8-15(13-22)11-14-5-3-2-4-6-14/h2-7,9,12,15H,8,10-11,13H2,1H3,(H,20,21,24). The van der Waals surface area contributed by atoms with Crippen LogP contribution < -0.4 is 5.32 Å². The van der Waals surface area contributed by atoms with Crippen molar-refractivity contribution in [3.8, 4) is 0 Å². The highest BCUT2D eigenvalue weighted by atomic mass is 16.5. The maximum Gasteiger partial charge on any atom is 0.338 e. The van der Waals surface area contributed by atoms with Crippen molar-refractivity contribution in [2.75, 3.05) is 25.5 Å². The Morgan fingerprint density at radius 1 is 1.28 bits per heavy atom. The van der Waals surface area contributed by atoms with Gasteiger partial charge in [0.25, 0.3) is 0 Å². The number of anilines is 1. The molecule has 130 valence electrons. The van der Waals surface area contributed by atoms with Crippen molar-refractivity contribution >= 4 is 17.8 Å². The van der Waals surface area contributed by atoms with Crippen molar-refractivity contribution in [1.29, 1.82) is 0 Å². The number of methoxy groups -OCH3 is 1. The van der Waals surface area contributed by atoms with Crippen LogP contribution in [0.1, 0.15) is 22.3 Å². The van der Waals surface area contributed by atoms with Gasteiger partial charge in [-0.05, 0) is 36.5 Å². The van der Waals surface area contributed by atoms with Gasteiger partial charge in [0.1, 0.15) is 5.82 Å². The molecule has 0 radical (unpaired) electrons. The molecule has 0 spiro atoms. The molecule has 0 bridgehead atoms. The number of urea groups is 1. The van der Waals surface area contributed by atoms with Crippen LogP contribution in [-0.2, 0) is 11.2 Å². The topological polar surface area (TPSA) is 71.5 Å². The molecule has 1 aliphatic rings. The highest BCUT2D eigenvalue weighted by molar-refractivity contribution is 5.93. The Morgan fingerprint density at radius 2 is 2.08 bits per heavy atom. The quantitative estimate of drug-likeness (QED) is 0.869. The summed E-state index contributed by atoms with van der Waals surface area (Å²) in [6.45, 7) is 1.44. The van der Waals surface area contributed by atoms with Crippen LogP contribution in [0.4, 0.5) is 10.6 Å². The molecule has 0 aliphatic carbocycles. The lowest BCUT2D eigenvalue weighted by molar-refractivity contribution is 0.0600. The molecule has 1 atom stereocenters. The summed E-state index contributed by atoms with van der Waals surface area (Å²) in [6, 6.07) is 13.2. The first-order valence-corrected chi connectivity index (χ1v) is 8.30. The van der Waals surface area contributed by atoms with Gasteiger partial charge in [0.15, 0.2) is 0 Å². The monoisotopic (exact) mass is 339 g/mol. The molecule has 3 rings (SSSR count). The second kappa shape index (κ2) is 7.79. The fourth-order valence-electron chi connectivity index (χ4n) is 3.06. The number of rotatable bonds is 4. The minimum absolute atomic E-state index is 0.190. The summed E-state index contributed by atoms with van der Waals surface area (Å²) in [6.07, 6.45) is 3.43. The maximum absolute atomic E-state index is 12.4. The number of hydrogen-bond acceptors (Lipinski definition) is 4. The average molecular weight is 339 g/mol. The van der Waals surface area contributed by atoms with Gasteiger partial charge in [0.2, 0.25) is 0 Å². The van der Waals surface area contributed by atoms with Crippen LogP contribution in [-0.4, -0.2) is 42.1 Å². The Labute approximate surface area is 146 Å². The molecule has 1 unspecified atom stereocenters. The smallest absolute Gasteiger partial charge is 0.338 e. The van der Waals surface area contributed by atoms with E-state index in [0.29, 0.717) is 17.3 Å². The molecule has 1 saturated heterocycles. The zero-order valence-electron chi connectivity index (χ0n) is 14.1. The van der Waals surface area contributed by atoms with E-state index in [9.17, 15) is 9.59 Å². The van der Waals surface area contributed by atoms with Crippen LogP contribution in [0.5, 0.6) is 0 Å². The zero-order chi connectivity index (χ0) is 17.6. The number of amides is 2. The number of likely N-dealkylation sites (tertiary alicyclic amines) is 1. The molecule has 6 nitrogen and oxygen atoms in total. The molecule has 1 aromatic heterocycles. The van der Waals surface area contributed by atoms with E-state index in [0.717, 1.165) is 25.9 Å². The van der Waals surface area contributed by atoms with Gasteiger partial charge in [-0.15, -0.1) is 0 Å². The van der Waals surface area contributed by atoms with E-state index < -0.39 is 5.97 Å². The van der Waals surface area contributed by atoms with Gasteiger partial charge in [0.05, 0.1) is 12.7 Å². The molecule has 1 fully saturated rings. The van der Waals surface area contributed by atoms with Gasteiger partial charge in [0, 0.05) is 19.3 Å². The van der Waals surface area contributed by atoms with Gasteiger partial charge in [-0.3, -0.25) is 5.32 Å². The van der Waals surface area contributed by atoms with Gasteiger partial charge in [-0.1, -0.05) is 30.3 Å². The number of pyridine rings is 1. The predicted molar refractivity (Wildman–Crippen MR) is 94.4 cm³/mol. The third-order valence-electron chi connectivity index (χ3n) is 4.36. The SMILES string of the molecule is COC(=O)c1ccnc(NC(=O)N2CCC(Cc3ccccc3)C2)c1. The van der Waals surface area contributed by atoms with Gasteiger partial charge in [-0.25, -0.2) is 14.6 Å². The fraction of sp³-hybridized carbons (Fsp3) is 0.316. The molecular formula is C19H21N3O3. The normalized spacial score (nSPS) is 16.5. The Morgan fingerprint density at radius 3 is 2.84 bits per heavy atom. The van der Waals surface area contributed by atoms with Gasteiger partial charge >= 0.3 is 12.0 Å². The first kappa shape index (κ1) is 17.0. The summed E-state index contributed by atoms with van der Waals surface area (Å²) in [4.78, 5) is 29.9. The zero-order valence-corrected chi connectivity index (χ0v) is 14.1. The Bertz CT molecular complexity index is 749. The van der Waals surface area contributed by atoms with Crippen molar-refractivity contribution in [2.24, 2.45) is 5.92 Å². The van der Waals surface area contributed by atoms with Gasteiger partial charge in [-0.2, -0.15) is 0 Å². The van der Waals surface area contributed by atoms with Crippen LogP contribution in [0, 0.1) is 5.92 Å². The second-order valence-corrected chi connectivity index (χ2v) is 6.14. The highest BCUT2D eigenvalue weighted by Crippen LogP contribution is 2.21. The van der Waals surface area contributed by atoms with E-state index in [4.69, 9.17) is 0 Å². The average Bonchev–Trinajstić information content (AvgIpc) is 3.11. The largest absolute Gasteiger partial charge is 0.465 e. The summed E-state index contributed by atoms with van der Waals surface area (Å²) in [5.74, 6) is 0.351. The maximum atomic E-state index is 12.4. The predicted octanol–water partition coefficient (Wildman–Crippen LogP) is 2.96.